The zero-order valence-corrected chi connectivity index (χ0v) is 14.9. The summed E-state index contributed by atoms with van der Waals surface area (Å²) in [4.78, 5) is 13.5. The molecule has 2 heterocycles. The Morgan fingerprint density at radius 2 is 1.52 bits per heavy atom. The zero-order valence-electron chi connectivity index (χ0n) is 14.1. The molecule has 0 radical (unpaired) electrons. The van der Waals surface area contributed by atoms with Crippen LogP contribution in [0.1, 0.15) is 37.6 Å². The smallest absolute Gasteiger partial charge is 0.225 e. The maximum Gasteiger partial charge on any atom is 0.225 e. The van der Waals surface area contributed by atoms with Gasteiger partial charge in [-0.05, 0) is 49.7 Å². The van der Waals surface area contributed by atoms with Crippen LogP contribution in [0.3, 0.4) is 0 Å². The average Bonchev–Trinajstić information content (AvgIpc) is 2.43. The Balaban J connectivity index is 2.29. The summed E-state index contributed by atoms with van der Waals surface area (Å²) in [5, 5.41) is 1.15. The normalized spacial score (nSPS) is 11.9. The van der Waals surface area contributed by atoms with Crippen molar-refractivity contribution in [2.24, 2.45) is 0 Å². The summed E-state index contributed by atoms with van der Waals surface area (Å²) in [7, 11) is 0. The van der Waals surface area contributed by atoms with Crippen LogP contribution in [0.5, 0.6) is 0 Å². The van der Waals surface area contributed by atoms with Crippen molar-refractivity contribution in [1.82, 2.24) is 15.0 Å². The van der Waals surface area contributed by atoms with Crippen LogP contribution in [-0.4, -0.2) is 15.0 Å². The van der Waals surface area contributed by atoms with Crippen molar-refractivity contribution in [3.63, 3.8) is 0 Å². The summed E-state index contributed by atoms with van der Waals surface area (Å²) >= 11 is 6.16. The van der Waals surface area contributed by atoms with Crippen LogP contribution in [0, 0.1) is 13.8 Å². The largest absolute Gasteiger partial charge is 0.232 e. The lowest BCUT2D eigenvalue weighted by molar-refractivity contribution is 0.571. The first-order valence-electron chi connectivity index (χ1n) is 7.67. The Hall–Kier alpha value is -2.00. The van der Waals surface area contributed by atoms with E-state index in [4.69, 9.17) is 16.6 Å². The Morgan fingerprint density at radius 1 is 0.870 bits per heavy atom. The molecule has 2 aromatic heterocycles. The second kappa shape index (κ2) is 5.57. The van der Waals surface area contributed by atoms with Crippen molar-refractivity contribution in [3.8, 4) is 11.3 Å². The third-order valence-electron chi connectivity index (χ3n) is 3.80. The topological polar surface area (TPSA) is 38.7 Å². The molecule has 0 aliphatic heterocycles. The maximum absolute atomic E-state index is 6.16. The molecule has 0 aliphatic rings. The van der Waals surface area contributed by atoms with E-state index in [0.717, 1.165) is 22.3 Å². The molecule has 1 aromatic carbocycles. The van der Waals surface area contributed by atoms with Gasteiger partial charge in [-0.3, -0.25) is 0 Å². The van der Waals surface area contributed by atoms with Gasteiger partial charge in [-0.2, -0.15) is 4.98 Å². The third kappa shape index (κ3) is 3.20. The molecule has 0 N–H and O–H groups in total. The highest BCUT2D eigenvalue weighted by Crippen LogP contribution is 2.30. The number of benzene rings is 1. The predicted octanol–water partition coefficient (Wildman–Crippen LogP) is 5.26. The number of aryl methyl sites for hydroxylation is 2. The molecule has 3 aromatic rings. The Kier molecular flexibility index (Phi) is 3.85. The summed E-state index contributed by atoms with van der Waals surface area (Å²) < 4.78 is 0. The minimum Gasteiger partial charge on any atom is -0.232 e. The van der Waals surface area contributed by atoms with Crippen LogP contribution in [0.2, 0.25) is 5.28 Å². The zero-order chi connectivity index (χ0) is 16.8. The first-order valence-corrected chi connectivity index (χ1v) is 8.05. The summed E-state index contributed by atoms with van der Waals surface area (Å²) in [6.45, 7) is 10.6. The van der Waals surface area contributed by atoms with Crippen molar-refractivity contribution >= 4 is 22.6 Å². The fourth-order valence-electron chi connectivity index (χ4n) is 2.73. The Labute approximate surface area is 141 Å². The minimum absolute atomic E-state index is 0.0360. The van der Waals surface area contributed by atoms with E-state index in [9.17, 15) is 0 Å². The molecule has 0 saturated carbocycles. The molecule has 118 valence electrons. The van der Waals surface area contributed by atoms with Crippen LogP contribution >= 0.6 is 11.6 Å². The lowest BCUT2D eigenvalue weighted by Gasteiger charge is -2.18. The van der Waals surface area contributed by atoms with Crippen molar-refractivity contribution in [3.05, 3.63) is 52.4 Å². The molecule has 0 fully saturated rings. The van der Waals surface area contributed by atoms with E-state index in [0.29, 0.717) is 5.65 Å². The van der Waals surface area contributed by atoms with Gasteiger partial charge in [0.1, 0.15) is 0 Å². The van der Waals surface area contributed by atoms with Crippen LogP contribution in [0.4, 0.5) is 0 Å². The van der Waals surface area contributed by atoms with E-state index >= 15 is 0 Å². The molecule has 0 aliphatic carbocycles. The Morgan fingerprint density at radius 3 is 2.13 bits per heavy atom. The number of hydrogen-bond acceptors (Lipinski definition) is 3. The van der Waals surface area contributed by atoms with E-state index in [-0.39, 0.29) is 10.7 Å². The minimum atomic E-state index is -0.0360. The molecule has 3 rings (SSSR count). The molecule has 0 spiro atoms. The quantitative estimate of drug-likeness (QED) is 0.573. The molecule has 0 atom stereocenters. The van der Waals surface area contributed by atoms with Crippen LogP contribution in [-0.2, 0) is 5.41 Å². The second-order valence-electron chi connectivity index (χ2n) is 7.04. The predicted molar refractivity (Wildman–Crippen MR) is 96.0 cm³/mol. The molecule has 0 bridgehead atoms. The van der Waals surface area contributed by atoms with Crippen LogP contribution < -0.4 is 0 Å². The average molecular weight is 326 g/mol. The molecular weight excluding hydrogens is 306 g/mol. The van der Waals surface area contributed by atoms with Gasteiger partial charge < -0.3 is 0 Å². The molecule has 0 amide bonds. The summed E-state index contributed by atoms with van der Waals surface area (Å²) in [6.07, 6.45) is 0. The van der Waals surface area contributed by atoms with E-state index < -0.39 is 0 Å². The molecular formula is C19H20ClN3. The van der Waals surface area contributed by atoms with Gasteiger partial charge in [0.2, 0.25) is 5.28 Å². The highest BCUT2D eigenvalue weighted by Gasteiger charge is 2.18. The molecule has 0 saturated heterocycles. The van der Waals surface area contributed by atoms with Crippen LogP contribution in [0.25, 0.3) is 22.3 Å². The summed E-state index contributed by atoms with van der Waals surface area (Å²) in [5.74, 6) is 0. The van der Waals surface area contributed by atoms with Gasteiger partial charge in [-0.1, -0.05) is 38.0 Å². The molecule has 4 heteroatoms. The summed E-state index contributed by atoms with van der Waals surface area (Å²) in [5.41, 5.74) is 5.87. The van der Waals surface area contributed by atoms with Gasteiger partial charge in [-0.15, -0.1) is 0 Å². The third-order valence-corrected chi connectivity index (χ3v) is 3.97. The number of halogens is 1. The first kappa shape index (κ1) is 15.9. The van der Waals surface area contributed by atoms with Crippen LogP contribution in [0.15, 0.2) is 30.3 Å². The lowest BCUT2D eigenvalue weighted by atomic mass is 9.91. The molecule has 3 nitrogen and oxygen atoms in total. The van der Waals surface area contributed by atoms with Gasteiger partial charge in [-0.25, -0.2) is 9.97 Å². The van der Waals surface area contributed by atoms with E-state index in [1.165, 1.54) is 11.1 Å². The number of pyridine rings is 1. The SMILES string of the molecule is Cc1cc(C)cc(-c2nc(Cl)nc3nc(C(C)(C)C)ccc23)c1. The number of rotatable bonds is 1. The number of aromatic nitrogens is 3. The maximum atomic E-state index is 6.16. The fraction of sp³-hybridized carbons (Fsp3) is 0.316. The highest BCUT2D eigenvalue weighted by molar-refractivity contribution is 6.28. The van der Waals surface area contributed by atoms with E-state index in [1.54, 1.807) is 0 Å². The number of hydrogen-bond donors (Lipinski definition) is 0. The first-order chi connectivity index (χ1) is 10.7. The van der Waals surface area contributed by atoms with Crippen molar-refractivity contribution < 1.29 is 0 Å². The van der Waals surface area contributed by atoms with Crippen molar-refractivity contribution in [1.29, 1.82) is 0 Å². The monoisotopic (exact) mass is 325 g/mol. The van der Waals surface area contributed by atoms with Gasteiger partial charge in [0, 0.05) is 22.1 Å². The van der Waals surface area contributed by atoms with Gasteiger partial charge in [0.25, 0.3) is 0 Å². The number of nitrogens with zero attached hydrogens (tertiary/aromatic N) is 3. The lowest BCUT2D eigenvalue weighted by Crippen LogP contribution is -2.13. The summed E-state index contributed by atoms with van der Waals surface area (Å²) in [6, 6.07) is 10.5. The van der Waals surface area contributed by atoms with Gasteiger partial charge in [0.05, 0.1) is 5.69 Å². The van der Waals surface area contributed by atoms with E-state index in [2.05, 4.69) is 62.8 Å². The standard InChI is InChI=1S/C19H20ClN3/c1-11-8-12(2)10-13(9-11)16-14-6-7-15(19(3,4)5)21-17(14)23-18(20)22-16/h6-10H,1-5H3. The van der Waals surface area contributed by atoms with Crippen molar-refractivity contribution in [2.45, 2.75) is 40.0 Å². The highest BCUT2D eigenvalue weighted by atomic mass is 35.5. The van der Waals surface area contributed by atoms with Crippen molar-refractivity contribution in [2.75, 3.05) is 0 Å². The second-order valence-corrected chi connectivity index (χ2v) is 7.37. The van der Waals surface area contributed by atoms with Gasteiger partial charge >= 0.3 is 0 Å². The van der Waals surface area contributed by atoms with E-state index in [1.807, 2.05) is 12.1 Å². The fourth-order valence-corrected chi connectivity index (χ4v) is 2.90. The Bertz CT molecular complexity index is 875. The van der Waals surface area contributed by atoms with Gasteiger partial charge in [0.15, 0.2) is 5.65 Å². The number of fused-ring (bicyclic) bond motifs is 1. The molecule has 23 heavy (non-hydrogen) atoms. The molecule has 0 unspecified atom stereocenters.